The highest BCUT2D eigenvalue weighted by molar-refractivity contribution is 7.15. The smallest absolute Gasteiger partial charge is 0.265 e. The topological polar surface area (TPSA) is 79.0 Å². The Morgan fingerprint density at radius 1 is 1.02 bits per heavy atom. The Morgan fingerprint density at radius 3 is 2.26 bits per heavy atom. The molecule has 1 saturated heterocycles. The van der Waals surface area contributed by atoms with Crippen LogP contribution in [-0.2, 0) is 19.3 Å². The molecule has 0 bridgehead atoms. The van der Waals surface area contributed by atoms with E-state index in [9.17, 15) is 14.9 Å². The molecular weight excluding hydrogens is 552 g/mol. The molecule has 0 atom stereocenters. The first-order valence-corrected chi connectivity index (χ1v) is 16.3. The zero-order valence-electron chi connectivity index (χ0n) is 25.9. The van der Waals surface area contributed by atoms with Gasteiger partial charge in [-0.05, 0) is 80.7 Å². The number of likely N-dealkylation sites (tertiary alicyclic amines) is 1. The third kappa shape index (κ3) is 6.07. The van der Waals surface area contributed by atoms with Crippen molar-refractivity contribution in [1.82, 2.24) is 14.5 Å². The summed E-state index contributed by atoms with van der Waals surface area (Å²) >= 11 is 1.47. The molecule has 0 radical (unpaired) electrons. The maximum absolute atomic E-state index is 14.8. The van der Waals surface area contributed by atoms with E-state index in [4.69, 9.17) is 4.98 Å². The van der Waals surface area contributed by atoms with Gasteiger partial charge in [-0.1, -0.05) is 58.0 Å². The maximum atomic E-state index is 14.8. The molecule has 1 aliphatic rings. The first-order chi connectivity index (χ1) is 20.8. The number of hydrogen-bond acceptors (Lipinski definition) is 5. The van der Waals surface area contributed by atoms with E-state index in [1.54, 1.807) is 12.1 Å². The summed E-state index contributed by atoms with van der Waals surface area (Å²) in [7, 11) is 0. The number of para-hydroxylation sites is 1. The third-order valence-corrected chi connectivity index (χ3v) is 9.29. The summed E-state index contributed by atoms with van der Waals surface area (Å²) in [5.74, 6) is 0.242. The van der Waals surface area contributed by atoms with Crippen LogP contribution < -0.4 is 5.56 Å². The summed E-state index contributed by atoms with van der Waals surface area (Å²) < 4.78 is 1.86. The van der Waals surface area contributed by atoms with Gasteiger partial charge in [-0.25, -0.2) is 4.98 Å². The molecule has 4 aromatic rings. The Balaban J connectivity index is 1.81. The number of nitrogens with zero attached hydrogens (tertiary/aromatic N) is 4. The highest BCUT2D eigenvalue weighted by Gasteiger charge is 2.28. The molecule has 1 amide bonds. The lowest BCUT2D eigenvalue weighted by molar-refractivity contribution is 0.0722. The lowest BCUT2D eigenvalue weighted by Gasteiger charge is -2.29. The highest BCUT2D eigenvalue weighted by Crippen LogP contribution is 2.35. The summed E-state index contributed by atoms with van der Waals surface area (Å²) in [5.41, 5.74) is 7.06. The molecule has 222 valence electrons. The summed E-state index contributed by atoms with van der Waals surface area (Å²) in [6.45, 7) is 12.0. The zero-order chi connectivity index (χ0) is 30.7. The van der Waals surface area contributed by atoms with E-state index >= 15 is 0 Å². The molecule has 0 unspecified atom stereocenters. The molecule has 0 aliphatic carbocycles. The van der Waals surface area contributed by atoms with Gasteiger partial charge in [-0.2, -0.15) is 5.26 Å². The second-order valence-electron chi connectivity index (χ2n) is 11.8. The zero-order valence-corrected chi connectivity index (χ0v) is 26.7. The van der Waals surface area contributed by atoms with Gasteiger partial charge in [-0.3, -0.25) is 14.2 Å². The van der Waals surface area contributed by atoms with Crippen LogP contribution in [0.15, 0.2) is 53.3 Å². The minimum atomic E-state index is -0.137. The summed E-state index contributed by atoms with van der Waals surface area (Å²) in [4.78, 5) is 37.0. The van der Waals surface area contributed by atoms with Crippen molar-refractivity contribution < 1.29 is 4.79 Å². The predicted octanol–water partition coefficient (Wildman–Crippen LogP) is 7.76. The van der Waals surface area contributed by atoms with Crippen LogP contribution in [0.5, 0.6) is 0 Å². The summed E-state index contributed by atoms with van der Waals surface area (Å²) in [6.07, 6.45) is 5.28. The largest absolute Gasteiger partial charge is 0.339 e. The average Bonchev–Trinajstić information content (AvgIpc) is 3.41. The van der Waals surface area contributed by atoms with Crippen molar-refractivity contribution in [3.05, 3.63) is 91.7 Å². The molecule has 2 aromatic heterocycles. The summed E-state index contributed by atoms with van der Waals surface area (Å²) in [5, 5.41) is 9.85. The lowest BCUT2D eigenvalue weighted by atomic mass is 9.96. The molecule has 7 heteroatoms. The molecule has 0 spiro atoms. The predicted molar refractivity (Wildman–Crippen MR) is 175 cm³/mol. The van der Waals surface area contributed by atoms with E-state index in [2.05, 4.69) is 52.0 Å². The van der Waals surface area contributed by atoms with Gasteiger partial charge in [-0.15, -0.1) is 11.3 Å². The molecule has 1 aliphatic heterocycles. The number of rotatable bonds is 8. The maximum Gasteiger partial charge on any atom is 0.265 e. The molecule has 0 N–H and O–H groups in total. The van der Waals surface area contributed by atoms with Gasteiger partial charge in [0.2, 0.25) is 0 Å². The number of nitriles is 1. The van der Waals surface area contributed by atoms with E-state index in [-0.39, 0.29) is 17.4 Å². The van der Waals surface area contributed by atoms with Crippen LogP contribution in [0, 0.1) is 24.2 Å². The molecule has 6 nitrogen and oxygen atoms in total. The number of carbonyl (C=O) groups is 1. The number of hydrogen-bond donors (Lipinski definition) is 0. The Hall–Kier alpha value is -4.02. The minimum absolute atomic E-state index is 0.00188. The first-order valence-electron chi connectivity index (χ1n) is 15.4. The number of aromatic nitrogens is 2. The quantitative estimate of drug-likeness (QED) is 0.209. The van der Waals surface area contributed by atoms with Crippen LogP contribution in [-0.4, -0.2) is 33.4 Å². The second-order valence-corrected chi connectivity index (χ2v) is 13.0. The number of amides is 1. The monoisotopic (exact) mass is 592 g/mol. The Bertz CT molecular complexity index is 1710. The molecule has 5 rings (SSSR count). The first kappa shape index (κ1) is 30.4. The van der Waals surface area contributed by atoms with Crippen molar-refractivity contribution in [1.29, 1.82) is 5.26 Å². The molecule has 43 heavy (non-hydrogen) atoms. The normalized spacial score (nSPS) is 13.4. The van der Waals surface area contributed by atoms with Gasteiger partial charge >= 0.3 is 0 Å². The van der Waals surface area contributed by atoms with Crippen LogP contribution in [0.2, 0.25) is 0 Å². The van der Waals surface area contributed by atoms with Crippen molar-refractivity contribution >= 4 is 17.2 Å². The fourth-order valence-corrected chi connectivity index (χ4v) is 7.01. The number of benzene rings is 2. The molecule has 3 heterocycles. The highest BCUT2D eigenvalue weighted by atomic mass is 32.1. The number of aryl methyl sites for hydroxylation is 3. The molecular formula is C36H40N4O2S. The SMILES string of the molecule is CCc1cccc(CC)c1-n1c(CC(C)C)c(C(=O)N2CCCCC2)cc(-c2nc(-c3ccc(C#N)cc3)c(C)s2)c1=O. The van der Waals surface area contributed by atoms with Crippen LogP contribution in [0.4, 0.5) is 0 Å². The van der Waals surface area contributed by atoms with E-state index in [1.807, 2.05) is 34.6 Å². The number of thiazole rings is 1. The Kier molecular flexibility index (Phi) is 9.27. The average molecular weight is 593 g/mol. The van der Waals surface area contributed by atoms with E-state index in [0.29, 0.717) is 28.1 Å². The molecule has 0 saturated carbocycles. The van der Waals surface area contributed by atoms with E-state index < -0.39 is 0 Å². The van der Waals surface area contributed by atoms with Gasteiger partial charge < -0.3 is 4.90 Å². The van der Waals surface area contributed by atoms with Crippen molar-refractivity contribution in [3.63, 3.8) is 0 Å². The van der Waals surface area contributed by atoms with Gasteiger partial charge in [0.1, 0.15) is 5.01 Å². The van der Waals surface area contributed by atoms with Crippen LogP contribution in [0.3, 0.4) is 0 Å². The van der Waals surface area contributed by atoms with Crippen LogP contribution in [0.25, 0.3) is 27.5 Å². The third-order valence-electron chi connectivity index (χ3n) is 8.28. The van der Waals surface area contributed by atoms with Gasteiger partial charge in [0.05, 0.1) is 34.1 Å². The van der Waals surface area contributed by atoms with Crippen molar-refractivity contribution in [3.8, 4) is 33.6 Å². The van der Waals surface area contributed by atoms with Gasteiger partial charge in [0.15, 0.2) is 0 Å². The standard InChI is InChI=1S/C36H40N4O2S/c1-6-26-12-11-13-27(7-2)33(26)40-31(20-23(3)4)29(35(41)39-18-9-8-10-19-39)21-30(36(40)42)34-38-32(24(5)43-34)28-16-14-25(22-37)15-17-28/h11-17,21,23H,6-10,18-20H2,1-5H3. The van der Waals surface area contributed by atoms with E-state index in [0.717, 1.165) is 83.8 Å². The number of piperidine rings is 1. The van der Waals surface area contributed by atoms with Crippen LogP contribution >= 0.6 is 11.3 Å². The van der Waals surface area contributed by atoms with E-state index in [1.165, 1.54) is 11.3 Å². The Morgan fingerprint density at radius 2 is 1.67 bits per heavy atom. The van der Waals surface area contributed by atoms with Gasteiger partial charge in [0, 0.05) is 29.2 Å². The van der Waals surface area contributed by atoms with Crippen LogP contribution in [0.1, 0.15) is 84.6 Å². The lowest BCUT2D eigenvalue weighted by Crippen LogP contribution is -2.38. The second kappa shape index (κ2) is 13.1. The number of carbonyl (C=O) groups excluding carboxylic acids is 1. The Labute approximate surface area is 258 Å². The fourth-order valence-electron chi connectivity index (χ4n) is 6.07. The van der Waals surface area contributed by atoms with Crippen molar-refractivity contribution in [2.75, 3.05) is 13.1 Å². The fraction of sp³-hybridized carbons (Fsp3) is 0.389. The molecule has 1 fully saturated rings. The summed E-state index contributed by atoms with van der Waals surface area (Å²) in [6, 6.07) is 17.6. The number of pyridine rings is 1. The van der Waals surface area contributed by atoms with Gasteiger partial charge in [0.25, 0.3) is 11.5 Å². The van der Waals surface area contributed by atoms with Crippen molar-refractivity contribution in [2.24, 2.45) is 5.92 Å². The minimum Gasteiger partial charge on any atom is -0.339 e. The van der Waals surface area contributed by atoms with Crippen molar-refractivity contribution in [2.45, 2.75) is 73.1 Å². The molecule has 2 aromatic carbocycles.